The van der Waals surface area contributed by atoms with Gasteiger partial charge in [0.25, 0.3) is 5.56 Å². The number of hydrogen-bond donors (Lipinski definition) is 1. The summed E-state index contributed by atoms with van der Waals surface area (Å²) in [6, 6.07) is 0. The standard InChI is InChI=1S/C9H13IN2O2/c1-3-4-6(2)14-9-7(10)8(13)11-5-12-9/h5-6H,3-4H2,1-2H3,(H,11,12,13). The molecule has 1 heterocycles. The minimum absolute atomic E-state index is 0.0998. The molecule has 0 saturated heterocycles. The first-order valence-corrected chi connectivity index (χ1v) is 5.62. The van der Waals surface area contributed by atoms with Crippen LogP contribution in [-0.4, -0.2) is 16.1 Å². The van der Waals surface area contributed by atoms with Crippen molar-refractivity contribution in [3.63, 3.8) is 0 Å². The van der Waals surface area contributed by atoms with E-state index >= 15 is 0 Å². The van der Waals surface area contributed by atoms with Crippen LogP contribution in [-0.2, 0) is 0 Å². The number of ether oxygens (including phenoxy) is 1. The molecular formula is C9H13IN2O2. The maximum absolute atomic E-state index is 11.2. The third kappa shape index (κ3) is 2.97. The number of nitrogens with one attached hydrogen (secondary N) is 1. The Kier molecular flexibility index (Phi) is 4.37. The van der Waals surface area contributed by atoms with E-state index in [-0.39, 0.29) is 11.7 Å². The van der Waals surface area contributed by atoms with Crippen molar-refractivity contribution in [1.82, 2.24) is 9.97 Å². The van der Waals surface area contributed by atoms with E-state index in [2.05, 4.69) is 16.9 Å². The molecule has 0 aliphatic carbocycles. The van der Waals surface area contributed by atoms with E-state index in [9.17, 15) is 4.79 Å². The van der Waals surface area contributed by atoms with E-state index in [0.29, 0.717) is 9.45 Å². The highest BCUT2D eigenvalue weighted by Crippen LogP contribution is 2.14. The Morgan fingerprint density at radius 2 is 2.43 bits per heavy atom. The Labute approximate surface area is 96.2 Å². The number of aromatic amines is 1. The lowest BCUT2D eigenvalue weighted by atomic mass is 10.2. The largest absolute Gasteiger partial charge is 0.474 e. The molecule has 1 unspecified atom stereocenters. The van der Waals surface area contributed by atoms with Crippen molar-refractivity contribution in [3.8, 4) is 5.88 Å². The van der Waals surface area contributed by atoms with Crippen LogP contribution in [0.25, 0.3) is 0 Å². The molecule has 1 N–H and O–H groups in total. The highest BCUT2D eigenvalue weighted by atomic mass is 127. The molecule has 0 aliphatic heterocycles. The molecular weight excluding hydrogens is 295 g/mol. The van der Waals surface area contributed by atoms with Gasteiger partial charge in [0.2, 0.25) is 5.88 Å². The first-order chi connectivity index (χ1) is 6.65. The number of rotatable bonds is 4. The molecule has 1 aromatic rings. The van der Waals surface area contributed by atoms with Gasteiger partial charge in [-0.2, -0.15) is 0 Å². The maximum atomic E-state index is 11.2. The molecule has 0 saturated carbocycles. The SMILES string of the molecule is CCCC(C)Oc1nc[nH]c(=O)c1I. The number of hydrogen-bond acceptors (Lipinski definition) is 3. The molecule has 4 nitrogen and oxygen atoms in total. The molecule has 14 heavy (non-hydrogen) atoms. The summed E-state index contributed by atoms with van der Waals surface area (Å²) in [7, 11) is 0. The first-order valence-electron chi connectivity index (χ1n) is 4.55. The predicted molar refractivity (Wildman–Crippen MR) is 62.6 cm³/mol. The maximum Gasteiger partial charge on any atom is 0.268 e. The fourth-order valence-electron chi connectivity index (χ4n) is 1.10. The zero-order valence-electron chi connectivity index (χ0n) is 8.21. The van der Waals surface area contributed by atoms with E-state index in [0.717, 1.165) is 12.8 Å². The molecule has 0 aromatic carbocycles. The quantitative estimate of drug-likeness (QED) is 0.865. The average molecular weight is 308 g/mol. The number of H-pyrrole nitrogens is 1. The predicted octanol–water partition coefficient (Wildman–Crippen LogP) is 1.94. The van der Waals surface area contributed by atoms with Crippen LogP contribution in [0.1, 0.15) is 26.7 Å². The first kappa shape index (κ1) is 11.5. The van der Waals surface area contributed by atoms with Crippen LogP contribution in [0.2, 0.25) is 0 Å². The zero-order chi connectivity index (χ0) is 10.6. The number of halogens is 1. The third-order valence-corrected chi connectivity index (χ3v) is 2.72. The van der Waals surface area contributed by atoms with E-state index in [1.54, 1.807) is 0 Å². The van der Waals surface area contributed by atoms with Gasteiger partial charge in [-0.25, -0.2) is 4.98 Å². The van der Waals surface area contributed by atoms with Crippen LogP contribution in [0.4, 0.5) is 0 Å². The summed E-state index contributed by atoms with van der Waals surface area (Å²) in [6.45, 7) is 4.07. The summed E-state index contributed by atoms with van der Waals surface area (Å²) in [5.41, 5.74) is -0.153. The fourth-order valence-corrected chi connectivity index (χ4v) is 1.53. The lowest BCUT2D eigenvalue weighted by Crippen LogP contribution is -2.17. The van der Waals surface area contributed by atoms with Gasteiger partial charge in [-0.05, 0) is 35.9 Å². The van der Waals surface area contributed by atoms with Crippen molar-refractivity contribution in [2.45, 2.75) is 32.8 Å². The van der Waals surface area contributed by atoms with Gasteiger partial charge in [-0.15, -0.1) is 0 Å². The van der Waals surface area contributed by atoms with Gasteiger partial charge in [0.15, 0.2) is 0 Å². The van der Waals surface area contributed by atoms with Gasteiger partial charge >= 0.3 is 0 Å². The molecule has 0 fully saturated rings. The van der Waals surface area contributed by atoms with Gasteiger partial charge < -0.3 is 9.72 Å². The molecule has 78 valence electrons. The second kappa shape index (κ2) is 5.33. The second-order valence-electron chi connectivity index (χ2n) is 3.07. The van der Waals surface area contributed by atoms with Crippen LogP contribution in [0.15, 0.2) is 11.1 Å². The Morgan fingerprint density at radius 1 is 1.71 bits per heavy atom. The molecule has 5 heteroatoms. The van der Waals surface area contributed by atoms with Crippen molar-refractivity contribution < 1.29 is 4.74 Å². The third-order valence-electron chi connectivity index (χ3n) is 1.77. The van der Waals surface area contributed by atoms with Gasteiger partial charge in [0.05, 0.1) is 12.4 Å². The molecule has 1 atom stereocenters. The minimum atomic E-state index is -0.153. The number of nitrogens with zero attached hydrogens (tertiary/aromatic N) is 1. The Hall–Kier alpha value is -0.590. The van der Waals surface area contributed by atoms with Crippen LogP contribution in [0.5, 0.6) is 5.88 Å². The normalized spacial score (nSPS) is 12.5. The molecule has 0 amide bonds. The number of aromatic nitrogens is 2. The van der Waals surface area contributed by atoms with Gasteiger partial charge in [0.1, 0.15) is 3.57 Å². The second-order valence-corrected chi connectivity index (χ2v) is 4.15. The Balaban J connectivity index is 2.76. The van der Waals surface area contributed by atoms with E-state index in [4.69, 9.17) is 4.74 Å². The minimum Gasteiger partial charge on any atom is -0.474 e. The smallest absolute Gasteiger partial charge is 0.268 e. The van der Waals surface area contributed by atoms with Crippen molar-refractivity contribution in [1.29, 1.82) is 0 Å². The fraction of sp³-hybridized carbons (Fsp3) is 0.556. The molecule has 1 aromatic heterocycles. The van der Waals surface area contributed by atoms with Crippen molar-refractivity contribution >= 4 is 22.6 Å². The topological polar surface area (TPSA) is 55.0 Å². The van der Waals surface area contributed by atoms with E-state index < -0.39 is 0 Å². The summed E-state index contributed by atoms with van der Waals surface area (Å²) in [4.78, 5) is 17.7. The van der Waals surface area contributed by atoms with Crippen LogP contribution in [0, 0.1) is 3.57 Å². The Bertz CT molecular complexity index is 351. The summed E-state index contributed by atoms with van der Waals surface area (Å²) in [5, 5.41) is 0. The summed E-state index contributed by atoms with van der Waals surface area (Å²) in [5.74, 6) is 0.426. The van der Waals surface area contributed by atoms with Gasteiger partial charge in [-0.3, -0.25) is 4.79 Å². The summed E-state index contributed by atoms with van der Waals surface area (Å²) < 4.78 is 6.04. The highest BCUT2D eigenvalue weighted by molar-refractivity contribution is 14.1. The molecule has 0 radical (unpaired) electrons. The molecule has 0 aliphatic rings. The van der Waals surface area contributed by atoms with E-state index in [1.165, 1.54) is 6.33 Å². The van der Waals surface area contributed by atoms with Crippen molar-refractivity contribution in [3.05, 3.63) is 20.3 Å². The average Bonchev–Trinajstić information content (AvgIpc) is 2.13. The van der Waals surface area contributed by atoms with Gasteiger partial charge in [0, 0.05) is 0 Å². The van der Waals surface area contributed by atoms with E-state index in [1.807, 2.05) is 29.5 Å². The molecule has 1 rings (SSSR count). The highest BCUT2D eigenvalue weighted by Gasteiger charge is 2.09. The zero-order valence-corrected chi connectivity index (χ0v) is 10.4. The van der Waals surface area contributed by atoms with Crippen LogP contribution < -0.4 is 10.3 Å². The van der Waals surface area contributed by atoms with Crippen molar-refractivity contribution in [2.75, 3.05) is 0 Å². The van der Waals surface area contributed by atoms with Crippen LogP contribution >= 0.6 is 22.6 Å². The van der Waals surface area contributed by atoms with Crippen molar-refractivity contribution in [2.24, 2.45) is 0 Å². The molecule has 0 bridgehead atoms. The van der Waals surface area contributed by atoms with Gasteiger partial charge in [-0.1, -0.05) is 13.3 Å². The summed E-state index contributed by atoms with van der Waals surface area (Å²) >= 11 is 1.94. The lowest BCUT2D eigenvalue weighted by molar-refractivity contribution is 0.199. The summed E-state index contributed by atoms with van der Waals surface area (Å²) in [6.07, 6.45) is 3.48. The Morgan fingerprint density at radius 3 is 3.07 bits per heavy atom. The molecule has 0 spiro atoms. The lowest BCUT2D eigenvalue weighted by Gasteiger charge is -2.12. The van der Waals surface area contributed by atoms with Crippen LogP contribution in [0.3, 0.4) is 0 Å². The monoisotopic (exact) mass is 308 g/mol.